The van der Waals surface area contributed by atoms with E-state index >= 15 is 0 Å². The number of hydrogen-bond donors (Lipinski definition) is 0. The summed E-state index contributed by atoms with van der Waals surface area (Å²) in [6.45, 7) is 0. The molecule has 44 heavy (non-hydrogen) atoms. The van der Waals surface area contributed by atoms with Crippen molar-refractivity contribution in [3.05, 3.63) is 164 Å². The molecule has 0 atom stereocenters. The van der Waals surface area contributed by atoms with Crippen LogP contribution in [0.15, 0.2) is 164 Å². The highest BCUT2D eigenvalue weighted by molar-refractivity contribution is 6.13. The largest absolute Gasteiger partial charge is 0.264 e. The highest BCUT2D eigenvalue weighted by Crippen LogP contribution is 2.36. The molecule has 0 saturated heterocycles. The van der Waals surface area contributed by atoms with Gasteiger partial charge in [-0.15, -0.1) is 0 Å². The van der Waals surface area contributed by atoms with Gasteiger partial charge in [0.2, 0.25) is 0 Å². The number of hydrogen-bond acceptors (Lipinski definition) is 3. The lowest BCUT2D eigenvalue weighted by Gasteiger charge is -2.13. The minimum atomic E-state index is 0.653. The topological polar surface area (TPSA) is 38.7 Å². The molecule has 0 fully saturated rings. The molecular formula is C41H27N3. The third-order valence-electron chi connectivity index (χ3n) is 8.17. The van der Waals surface area contributed by atoms with Crippen LogP contribution in [-0.2, 0) is 0 Å². The fourth-order valence-electron chi connectivity index (χ4n) is 5.97. The van der Waals surface area contributed by atoms with Gasteiger partial charge in [0.05, 0.1) is 11.4 Å². The van der Waals surface area contributed by atoms with Gasteiger partial charge in [-0.2, -0.15) is 0 Å². The molecule has 206 valence electrons. The van der Waals surface area contributed by atoms with Crippen molar-refractivity contribution in [3.8, 4) is 56.2 Å². The lowest BCUT2D eigenvalue weighted by Crippen LogP contribution is -1.96. The summed E-state index contributed by atoms with van der Waals surface area (Å²) in [5, 5.41) is 5.03. The first-order valence-corrected chi connectivity index (χ1v) is 14.8. The first kappa shape index (κ1) is 25.8. The van der Waals surface area contributed by atoms with Crippen molar-refractivity contribution in [2.75, 3.05) is 0 Å². The quantitative estimate of drug-likeness (QED) is 0.196. The van der Waals surface area contributed by atoms with Crippen LogP contribution >= 0.6 is 0 Å². The molecular weight excluding hydrogens is 534 g/mol. The maximum Gasteiger partial charge on any atom is 0.161 e. The molecule has 2 heterocycles. The van der Waals surface area contributed by atoms with Gasteiger partial charge in [0.1, 0.15) is 0 Å². The van der Waals surface area contributed by atoms with Gasteiger partial charge in [-0.25, -0.2) is 9.97 Å². The number of rotatable bonds is 5. The third-order valence-corrected chi connectivity index (χ3v) is 8.17. The lowest BCUT2D eigenvalue weighted by atomic mass is 9.92. The molecule has 0 radical (unpaired) electrons. The second kappa shape index (κ2) is 11.0. The fourth-order valence-corrected chi connectivity index (χ4v) is 5.97. The summed E-state index contributed by atoms with van der Waals surface area (Å²) in [6.07, 6.45) is 3.59. The summed E-state index contributed by atoms with van der Waals surface area (Å²) in [4.78, 5) is 14.4. The zero-order chi connectivity index (χ0) is 29.3. The minimum absolute atomic E-state index is 0.653. The first-order valence-electron chi connectivity index (χ1n) is 14.8. The van der Waals surface area contributed by atoms with E-state index in [-0.39, 0.29) is 0 Å². The smallest absolute Gasteiger partial charge is 0.161 e. The Morgan fingerprint density at radius 1 is 0.364 bits per heavy atom. The van der Waals surface area contributed by atoms with Crippen molar-refractivity contribution in [2.45, 2.75) is 0 Å². The predicted molar refractivity (Wildman–Crippen MR) is 182 cm³/mol. The van der Waals surface area contributed by atoms with E-state index in [1.165, 1.54) is 38.2 Å². The van der Waals surface area contributed by atoms with Gasteiger partial charge in [0.25, 0.3) is 0 Å². The van der Waals surface area contributed by atoms with Crippen LogP contribution in [0.4, 0.5) is 0 Å². The Labute approximate surface area is 256 Å². The lowest BCUT2D eigenvalue weighted by molar-refractivity contribution is 1.17. The van der Waals surface area contributed by atoms with Crippen LogP contribution in [0.2, 0.25) is 0 Å². The zero-order valence-electron chi connectivity index (χ0n) is 23.9. The molecule has 0 bridgehead atoms. The Kier molecular flexibility index (Phi) is 6.47. The molecule has 0 unspecified atom stereocenters. The van der Waals surface area contributed by atoms with Crippen molar-refractivity contribution in [1.29, 1.82) is 0 Å². The normalized spacial score (nSPS) is 11.2. The Balaban J connectivity index is 1.24. The number of nitrogens with zero attached hydrogens (tertiary/aromatic N) is 3. The summed E-state index contributed by atoms with van der Waals surface area (Å²) in [6, 6.07) is 53.3. The van der Waals surface area contributed by atoms with Gasteiger partial charge >= 0.3 is 0 Å². The number of aromatic nitrogens is 3. The second-order valence-electron chi connectivity index (χ2n) is 10.9. The Morgan fingerprint density at radius 2 is 1.00 bits per heavy atom. The Morgan fingerprint density at radius 3 is 1.80 bits per heavy atom. The van der Waals surface area contributed by atoms with E-state index in [0.29, 0.717) is 5.82 Å². The average molecular weight is 562 g/mol. The van der Waals surface area contributed by atoms with E-state index < -0.39 is 0 Å². The number of pyridine rings is 1. The summed E-state index contributed by atoms with van der Waals surface area (Å²) >= 11 is 0. The summed E-state index contributed by atoms with van der Waals surface area (Å²) < 4.78 is 0. The molecule has 0 amide bonds. The van der Waals surface area contributed by atoms with Gasteiger partial charge < -0.3 is 0 Å². The molecule has 6 aromatic carbocycles. The van der Waals surface area contributed by atoms with Crippen LogP contribution in [0.3, 0.4) is 0 Å². The van der Waals surface area contributed by atoms with Crippen molar-refractivity contribution in [3.63, 3.8) is 0 Å². The van der Waals surface area contributed by atoms with Crippen molar-refractivity contribution >= 4 is 21.5 Å². The van der Waals surface area contributed by atoms with E-state index in [1.54, 1.807) is 6.20 Å². The molecule has 3 nitrogen and oxygen atoms in total. The molecule has 0 aliphatic heterocycles. The van der Waals surface area contributed by atoms with Crippen molar-refractivity contribution < 1.29 is 0 Å². The summed E-state index contributed by atoms with van der Waals surface area (Å²) in [5.41, 5.74) is 9.42. The number of benzene rings is 6. The van der Waals surface area contributed by atoms with Crippen molar-refractivity contribution in [1.82, 2.24) is 15.0 Å². The molecule has 3 heteroatoms. The maximum atomic E-state index is 5.02. The molecule has 2 aromatic heterocycles. The summed E-state index contributed by atoms with van der Waals surface area (Å²) in [5.74, 6) is 0.653. The standard InChI is InChI=1S/C41H27N3/c1-2-10-28(11-3-1)31-13-8-14-33(24-31)40-26-39(43-41(44-40)34-15-9-23-42-27-34)30-21-19-29(20-22-30)38-25-32-12-4-5-16-35(32)36-17-6-7-18-37(36)38/h1-27H. The van der Waals surface area contributed by atoms with Crippen LogP contribution < -0.4 is 0 Å². The van der Waals surface area contributed by atoms with Gasteiger partial charge in [0, 0.05) is 29.1 Å². The zero-order valence-corrected chi connectivity index (χ0v) is 23.9. The highest BCUT2D eigenvalue weighted by atomic mass is 14.9. The highest BCUT2D eigenvalue weighted by Gasteiger charge is 2.13. The van der Waals surface area contributed by atoms with E-state index in [1.807, 2.05) is 24.4 Å². The monoisotopic (exact) mass is 561 g/mol. The molecule has 0 N–H and O–H groups in total. The predicted octanol–water partition coefficient (Wildman–Crippen LogP) is 10.5. The molecule has 0 aliphatic carbocycles. The van der Waals surface area contributed by atoms with Gasteiger partial charge in [-0.3, -0.25) is 4.98 Å². The van der Waals surface area contributed by atoms with Gasteiger partial charge in [-0.1, -0.05) is 121 Å². The van der Waals surface area contributed by atoms with Crippen LogP contribution in [0.5, 0.6) is 0 Å². The van der Waals surface area contributed by atoms with Crippen LogP contribution in [0, 0.1) is 0 Å². The number of fused-ring (bicyclic) bond motifs is 3. The summed E-state index contributed by atoms with van der Waals surface area (Å²) in [7, 11) is 0. The van der Waals surface area contributed by atoms with E-state index in [2.05, 4.69) is 138 Å². The molecule has 8 rings (SSSR count). The molecule has 0 spiro atoms. The minimum Gasteiger partial charge on any atom is -0.264 e. The molecule has 0 saturated carbocycles. The van der Waals surface area contributed by atoms with Crippen molar-refractivity contribution in [2.24, 2.45) is 0 Å². The van der Waals surface area contributed by atoms with E-state index in [0.717, 1.165) is 33.6 Å². The molecule has 8 aromatic rings. The second-order valence-corrected chi connectivity index (χ2v) is 10.9. The SMILES string of the molecule is c1ccc(-c2cccc(-c3cc(-c4ccc(-c5cc6ccccc6c6ccccc56)cc4)nc(-c4cccnc4)n3)c2)cc1. The van der Waals surface area contributed by atoms with Gasteiger partial charge in [0.15, 0.2) is 5.82 Å². The van der Waals surface area contributed by atoms with E-state index in [9.17, 15) is 0 Å². The first-order chi connectivity index (χ1) is 21.8. The average Bonchev–Trinajstić information content (AvgIpc) is 3.12. The van der Waals surface area contributed by atoms with Crippen LogP contribution in [0.1, 0.15) is 0 Å². The van der Waals surface area contributed by atoms with Gasteiger partial charge in [-0.05, 0) is 74.1 Å². The molecule has 0 aliphatic rings. The third kappa shape index (κ3) is 4.81. The van der Waals surface area contributed by atoms with Crippen LogP contribution in [0.25, 0.3) is 77.7 Å². The van der Waals surface area contributed by atoms with Crippen LogP contribution in [-0.4, -0.2) is 15.0 Å². The maximum absolute atomic E-state index is 5.02. The Hall–Kier alpha value is -5.93. The van der Waals surface area contributed by atoms with E-state index in [4.69, 9.17) is 9.97 Å². The Bertz CT molecular complexity index is 2260. The fraction of sp³-hybridized carbons (Fsp3) is 0.